The summed E-state index contributed by atoms with van der Waals surface area (Å²) in [7, 11) is 0. The van der Waals surface area contributed by atoms with Crippen LogP contribution in [0.15, 0.2) is 41.3 Å². The molecule has 4 N–H and O–H groups in total. The summed E-state index contributed by atoms with van der Waals surface area (Å²) in [5.41, 5.74) is 12.8. The Labute approximate surface area is 201 Å². The van der Waals surface area contributed by atoms with E-state index in [1.54, 1.807) is 24.6 Å². The molecule has 2 aromatic rings. The minimum absolute atomic E-state index is 0.0171. The second kappa shape index (κ2) is 9.85. The third-order valence-electron chi connectivity index (χ3n) is 6.81. The zero-order chi connectivity index (χ0) is 24.5. The van der Waals surface area contributed by atoms with Crippen molar-refractivity contribution in [2.24, 2.45) is 11.5 Å². The molecule has 4 rings (SSSR count). The number of carbonyl (C=O) groups is 1. The lowest BCUT2D eigenvalue weighted by Gasteiger charge is -2.42. The molecule has 1 aromatic heterocycles. The predicted octanol–water partition coefficient (Wildman–Crippen LogP) is 0.930. The molecular weight excluding hydrogens is 430 g/mol. The van der Waals surface area contributed by atoms with Gasteiger partial charge in [-0.1, -0.05) is 12.1 Å². The highest BCUT2D eigenvalue weighted by atomic mass is 16.2. The van der Waals surface area contributed by atoms with Crippen molar-refractivity contribution in [1.82, 2.24) is 19.4 Å². The summed E-state index contributed by atoms with van der Waals surface area (Å²) < 4.78 is 1.56. The third kappa shape index (κ3) is 5.48. The highest BCUT2D eigenvalue weighted by Gasteiger charge is 2.34. The van der Waals surface area contributed by atoms with Crippen molar-refractivity contribution in [1.29, 1.82) is 0 Å². The summed E-state index contributed by atoms with van der Waals surface area (Å²) in [5.74, 6) is 0.572. The lowest BCUT2D eigenvalue weighted by atomic mass is 10.0. The number of nitrogens with zero attached hydrogens (tertiary/aromatic N) is 5. The largest absolute Gasteiger partial charge is 0.354 e. The Morgan fingerprint density at radius 2 is 1.76 bits per heavy atom. The number of anilines is 1. The average molecular weight is 468 g/mol. The van der Waals surface area contributed by atoms with Gasteiger partial charge in [0.05, 0.1) is 11.2 Å². The highest BCUT2D eigenvalue weighted by molar-refractivity contribution is 5.85. The molecule has 1 amide bonds. The molecule has 2 fully saturated rings. The van der Waals surface area contributed by atoms with Crippen LogP contribution in [0, 0.1) is 0 Å². The standard InChI is InChI=1S/C25H37N7O2/c1-18-16-30(14-15-31(18)23(33)25(2,3)27)22-10-13-32(24(34)28-22)21-6-4-19(5-7-21)17-29-11-8-20(26)9-12-29/h4-7,10,13,18,20H,8-9,11-12,14-17,26-27H2,1-3H3. The Kier molecular flexibility index (Phi) is 7.06. The van der Waals surface area contributed by atoms with Crippen LogP contribution in [0.4, 0.5) is 5.82 Å². The van der Waals surface area contributed by atoms with Gasteiger partial charge >= 0.3 is 5.69 Å². The van der Waals surface area contributed by atoms with E-state index in [-0.39, 0.29) is 17.6 Å². The van der Waals surface area contributed by atoms with E-state index in [0.717, 1.165) is 38.2 Å². The highest BCUT2D eigenvalue weighted by Crippen LogP contribution is 2.19. The van der Waals surface area contributed by atoms with Gasteiger partial charge in [-0.2, -0.15) is 4.98 Å². The van der Waals surface area contributed by atoms with Crippen LogP contribution in [0.2, 0.25) is 0 Å². The molecule has 0 radical (unpaired) electrons. The summed E-state index contributed by atoms with van der Waals surface area (Å²) in [6, 6.07) is 10.2. The molecule has 1 aromatic carbocycles. The fourth-order valence-corrected chi connectivity index (χ4v) is 4.74. The van der Waals surface area contributed by atoms with Crippen LogP contribution in [-0.2, 0) is 11.3 Å². The quantitative estimate of drug-likeness (QED) is 0.672. The van der Waals surface area contributed by atoms with Crippen molar-refractivity contribution in [2.75, 3.05) is 37.6 Å². The first-order valence-corrected chi connectivity index (χ1v) is 12.1. The normalized spacial score (nSPS) is 20.6. The van der Waals surface area contributed by atoms with Gasteiger partial charge < -0.3 is 21.3 Å². The Bertz CT molecular complexity index is 1050. The Balaban J connectivity index is 1.41. The Morgan fingerprint density at radius 1 is 1.09 bits per heavy atom. The van der Waals surface area contributed by atoms with Crippen LogP contribution in [0.25, 0.3) is 5.69 Å². The third-order valence-corrected chi connectivity index (χ3v) is 6.81. The first-order valence-electron chi connectivity index (χ1n) is 12.1. The molecule has 0 bridgehead atoms. The van der Waals surface area contributed by atoms with E-state index in [9.17, 15) is 9.59 Å². The number of amides is 1. The molecular formula is C25H37N7O2. The van der Waals surface area contributed by atoms with Gasteiger partial charge in [0.25, 0.3) is 0 Å². The number of aromatic nitrogens is 2. The number of carbonyl (C=O) groups excluding carboxylic acids is 1. The van der Waals surface area contributed by atoms with E-state index < -0.39 is 5.54 Å². The molecule has 3 heterocycles. The molecule has 1 atom stereocenters. The van der Waals surface area contributed by atoms with Crippen LogP contribution in [0.1, 0.15) is 39.2 Å². The SMILES string of the molecule is CC1CN(c2ccn(-c3ccc(CN4CCC(N)CC4)cc3)c(=O)n2)CCN1C(=O)C(C)(C)N. The maximum absolute atomic E-state index is 12.8. The molecule has 2 aliphatic heterocycles. The van der Waals surface area contributed by atoms with Crippen molar-refractivity contribution in [3.8, 4) is 5.69 Å². The second-order valence-electron chi connectivity index (χ2n) is 10.2. The number of benzene rings is 1. The number of hydrogen-bond donors (Lipinski definition) is 2. The lowest BCUT2D eigenvalue weighted by Crippen LogP contribution is -2.60. The maximum Gasteiger partial charge on any atom is 0.354 e. The molecule has 0 spiro atoms. The van der Waals surface area contributed by atoms with Crippen LogP contribution in [-0.4, -0.2) is 75.6 Å². The van der Waals surface area contributed by atoms with Crippen LogP contribution in [0.3, 0.4) is 0 Å². The fourth-order valence-electron chi connectivity index (χ4n) is 4.74. The maximum atomic E-state index is 12.8. The Hall–Kier alpha value is -2.75. The second-order valence-corrected chi connectivity index (χ2v) is 10.2. The summed E-state index contributed by atoms with van der Waals surface area (Å²) in [4.78, 5) is 36.0. The average Bonchev–Trinajstić information content (AvgIpc) is 2.80. The summed E-state index contributed by atoms with van der Waals surface area (Å²) in [6.07, 6.45) is 3.86. The summed E-state index contributed by atoms with van der Waals surface area (Å²) in [6.45, 7) is 10.2. The molecule has 34 heavy (non-hydrogen) atoms. The minimum atomic E-state index is -0.897. The Morgan fingerprint density at radius 3 is 2.35 bits per heavy atom. The van der Waals surface area contributed by atoms with Crippen LogP contribution in [0.5, 0.6) is 0 Å². The molecule has 9 nitrogen and oxygen atoms in total. The molecule has 2 saturated heterocycles. The number of hydrogen-bond acceptors (Lipinski definition) is 7. The van der Waals surface area contributed by atoms with Crippen LogP contribution < -0.4 is 22.1 Å². The number of piperazine rings is 1. The van der Waals surface area contributed by atoms with Gasteiger partial charge in [0.15, 0.2) is 0 Å². The van der Waals surface area contributed by atoms with E-state index in [4.69, 9.17) is 11.5 Å². The van der Waals surface area contributed by atoms with Crippen molar-refractivity contribution >= 4 is 11.7 Å². The van der Waals surface area contributed by atoms with E-state index in [1.807, 2.05) is 30.0 Å². The van der Waals surface area contributed by atoms with Gasteiger partial charge in [-0.3, -0.25) is 14.3 Å². The monoisotopic (exact) mass is 467 g/mol. The van der Waals surface area contributed by atoms with E-state index in [1.165, 1.54) is 5.56 Å². The number of piperidine rings is 1. The van der Waals surface area contributed by atoms with Gasteiger partial charge in [-0.15, -0.1) is 0 Å². The topological polar surface area (TPSA) is 114 Å². The van der Waals surface area contributed by atoms with E-state index in [0.29, 0.717) is 31.5 Å². The van der Waals surface area contributed by atoms with Crippen molar-refractivity contribution in [3.05, 3.63) is 52.6 Å². The smallest absolute Gasteiger partial charge is 0.353 e. The van der Waals surface area contributed by atoms with Gasteiger partial charge in [0.2, 0.25) is 5.91 Å². The molecule has 0 aliphatic carbocycles. The minimum Gasteiger partial charge on any atom is -0.353 e. The van der Waals surface area contributed by atoms with Crippen molar-refractivity contribution < 1.29 is 4.79 Å². The zero-order valence-electron chi connectivity index (χ0n) is 20.5. The van der Waals surface area contributed by atoms with Gasteiger partial charge in [-0.05, 0) is 70.5 Å². The van der Waals surface area contributed by atoms with Gasteiger partial charge in [0, 0.05) is 44.5 Å². The van der Waals surface area contributed by atoms with Gasteiger partial charge in [0.1, 0.15) is 5.82 Å². The number of likely N-dealkylation sites (tertiary alicyclic amines) is 1. The summed E-state index contributed by atoms with van der Waals surface area (Å²) in [5, 5.41) is 0. The van der Waals surface area contributed by atoms with Gasteiger partial charge in [-0.25, -0.2) is 4.79 Å². The zero-order valence-corrected chi connectivity index (χ0v) is 20.5. The number of rotatable bonds is 5. The molecule has 0 saturated carbocycles. The van der Waals surface area contributed by atoms with Crippen molar-refractivity contribution in [2.45, 2.75) is 57.8 Å². The van der Waals surface area contributed by atoms with E-state index in [2.05, 4.69) is 26.9 Å². The summed E-state index contributed by atoms with van der Waals surface area (Å²) >= 11 is 0. The van der Waals surface area contributed by atoms with Crippen LogP contribution >= 0.6 is 0 Å². The van der Waals surface area contributed by atoms with Crippen molar-refractivity contribution in [3.63, 3.8) is 0 Å². The molecule has 1 unspecified atom stereocenters. The first-order chi connectivity index (χ1) is 16.1. The molecule has 2 aliphatic rings. The van der Waals surface area contributed by atoms with E-state index >= 15 is 0 Å². The first kappa shape index (κ1) is 24.4. The number of nitrogens with two attached hydrogens (primary N) is 2. The fraction of sp³-hybridized carbons (Fsp3) is 0.560. The molecule has 9 heteroatoms. The predicted molar refractivity (Wildman–Crippen MR) is 134 cm³/mol. The lowest BCUT2D eigenvalue weighted by molar-refractivity contribution is -0.138. The molecule has 184 valence electrons.